The molecule has 0 unspecified atom stereocenters. The van der Waals surface area contributed by atoms with Gasteiger partial charge in [-0.25, -0.2) is 19.2 Å². The fraction of sp³-hybridized carbons (Fsp3) is 0.0625. The summed E-state index contributed by atoms with van der Waals surface area (Å²) in [6, 6.07) is 9.50. The Labute approximate surface area is 134 Å². The first-order chi connectivity index (χ1) is 11.1. The molecule has 0 aliphatic carbocycles. The second-order valence-corrected chi connectivity index (χ2v) is 5.35. The Morgan fingerprint density at radius 1 is 1.22 bits per heavy atom. The van der Waals surface area contributed by atoms with Crippen LogP contribution in [0.4, 0.5) is 4.39 Å². The molecule has 0 aliphatic heterocycles. The number of methoxy groups -OCH3 is 1. The van der Waals surface area contributed by atoms with E-state index >= 15 is 0 Å². The Balaban J connectivity index is 2.31. The quantitative estimate of drug-likeness (QED) is 0.395. The zero-order valence-electron chi connectivity index (χ0n) is 11.9. The average Bonchev–Trinajstić information content (AvgIpc) is 2.95. The summed E-state index contributed by atoms with van der Waals surface area (Å²) in [6.07, 6.45) is 0. The van der Waals surface area contributed by atoms with E-state index in [4.69, 9.17) is 16.3 Å². The van der Waals surface area contributed by atoms with Crippen LogP contribution >= 0.6 is 11.6 Å². The third kappa shape index (κ3) is 1.95. The molecule has 4 rings (SSSR count). The van der Waals surface area contributed by atoms with Crippen LogP contribution in [0.15, 0.2) is 36.4 Å². The Morgan fingerprint density at radius 3 is 2.83 bits per heavy atom. The van der Waals surface area contributed by atoms with E-state index in [1.54, 1.807) is 30.3 Å². The molecular formula is C16H9ClFN3O2. The highest BCUT2D eigenvalue weighted by molar-refractivity contribution is 6.30. The molecular weight excluding hydrogens is 321 g/mol. The molecule has 4 aromatic rings. The average molecular weight is 330 g/mol. The van der Waals surface area contributed by atoms with Gasteiger partial charge in [0.2, 0.25) is 5.82 Å². The van der Waals surface area contributed by atoms with Crippen molar-refractivity contribution >= 4 is 45.0 Å². The highest BCUT2D eigenvalue weighted by atomic mass is 35.5. The van der Waals surface area contributed by atoms with Gasteiger partial charge in [0, 0.05) is 5.39 Å². The van der Waals surface area contributed by atoms with Crippen molar-refractivity contribution in [1.82, 2.24) is 14.4 Å². The van der Waals surface area contributed by atoms with E-state index in [1.807, 2.05) is 0 Å². The van der Waals surface area contributed by atoms with Gasteiger partial charge in [-0.05, 0) is 30.3 Å². The standard InChI is InChI=1S/C16H9ClFN3O2/c1-23-16(22)15-19-10-5-6-13(17)20-14(10)12-7-8-9(18)3-2-4-11(8)21(12)15/h2-7H,1H3. The number of nitrogens with zero attached hydrogens (tertiary/aromatic N) is 3. The lowest BCUT2D eigenvalue weighted by molar-refractivity contribution is 0.0586. The maximum atomic E-state index is 14.1. The molecule has 3 aromatic heterocycles. The summed E-state index contributed by atoms with van der Waals surface area (Å²) in [5.74, 6) is -0.953. The molecule has 0 saturated heterocycles. The molecule has 0 amide bonds. The van der Waals surface area contributed by atoms with Crippen LogP contribution < -0.4 is 0 Å². The van der Waals surface area contributed by atoms with Crippen molar-refractivity contribution in [3.05, 3.63) is 53.2 Å². The Bertz CT molecular complexity index is 1110. The molecule has 3 heterocycles. The van der Waals surface area contributed by atoms with Gasteiger partial charge in [-0.1, -0.05) is 17.7 Å². The number of pyridine rings is 1. The molecule has 0 bridgehead atoms. The van der Waals surface area contributed by atoms with E-state index < -0.39 is 11.8 Å². The summed E-state index contributed by atoms with van der Waals surface area (Å²) < 4.78 is 20.5. The van der Waals surface area contributed by atoms with Gasteiger partial charge in [0.25, 0.3) is 0 Å². The minimum absolute atomic E-state index is 0.0553. The SMILES string of the molecule is COC(=O)c1nc2ccc(Cl)nc2c2cc3c(F)cccc3n12. The topological polar surface area (TPSA) is 56.5 Å². The molecule has 0 fully saturated rings. The third-order valence-corrected chi connectivity index (χ3v) is 3.89. The van der Waals surface area contributed by atoms with Gasteiger partial charge < -0.3 is 4.74 Å². The number of hydrogen-bond acceptors (Lipinski definition) is 4. The minimum Gasteiger partial charge on any atom is -0.463 e. The lowest BCUT2D eigenvalue weighted by Crippen LogP contribution is -2.11. The van der Waals surface area contributed by atoms with Gasteiger partial charge in [-0.15, -0.1) is 0 Å². The highest BCUT2D eigenvalue weighted by Gasteiger charge is 2.20. The number of ether oxygens (including phenoxy) is 1. The molecule has 7 heteroatoms. The minimum atomic E-state index is -0.617. The van der Waals surface area contributed by atoms with Gasteiger partial charge in [0.1, 0.15) is 16.5 Å². The van der Waals surface area contributed by atoms with Gasteiger partial charge in [-0.2, -0.15) is 0 Å². The van der Waals surface area contributed by atoms with Crippen LogP contribution in [0.5, 0.6) is 0 Å². The molecule has 0 saturated carbocycles. The maximum Gasteiger partial charge on any atom is 0.374 e. The Morgan fingerprint density at radius 2 is 2.04 bits per heavy atom. The summed E-state index contributed by atoms with van der Waals surface area (Å²) in [7, 11) is 1.27. The number of carbonyl (C=O) groups excluding carboxylic acids is 1. The Kier molecular flexibility index (Phi) is 2.96. The van der Waals surface area contributed by atoms with E-state index in [0.717, 1.165) is 0 Å². The van der Waals surface area contributed by atoms with E-state index in [2.05, 4.69) is 9.97 Å². The zero-order valence-corrected chi connectivity index (χ0v) is 12.6. The van der Waals surface area contributed by atoms with E-state index in [-0.39, 0.29) is 11.0 Å². The van der Waals surface area contributed by atoms with Crippen LogP contribution in [0.25, 0.3) is 27.5 Å². The number of aromatic nitrogens is 3. The first kappa shape index (κ1) is 13.9. The van der Waals surface area contributed by atoms with Gasteiger partial charge in [0.05, 0.1) is 23.7 Å². The van der Waals surface area contributed by atoms with Gasteiger partial charge in [-0.3, -0.25) is 4.40 Å². The monoisotopic (exact) mass is 329 g/mol. The van der Waals surface area contributed by atoms with Gasteiger partial charge >= 0.3 is 5.97 Å². The van der Waals surface area contributed by atoms with Crippen molar-refractivity contribution in [2.24, 2.45) is 0 Å². The molecule has 5 nitrogen and oxygen atoms in total. The summed E-state index contributed by atoms with van der Waals surface area (Å²) in [4.78, 5) is 20.7. The van der Waals surface area contributed by atoms with Crippen LogP contribution in [-0.4, -0.2) is 27.4 Å². The second kappa shape index (κ2) is 4.89. The lowest BCUT2D eigenvalue weighted by atomic mass is 10.2. The predicted molar refractivity (Wildman–Crippen MR) is 84.3 cm³/mol. The van der Waals surface area contributed by atoms with Crippen LogP contribution in [0.3, 0.4) is 0 Å². The van der Waals surface area contributed by atoms with Crippen molar-refractivity contribution in [2.45, 2.75) is 0 Å². The molecule has 0 aliphatic rings. The summed E-state index contributed by atoms with van der Waals surface area (Å²) in [5, 5.41) is 0.659. The zero-order chi connectivity index (χ0) is 16.1. The van der Waals surface area contributed by atoms with Crippen molar-refractivity contribution in [3.8, 4) is 0 Å². The van der Waals surface area contributed by atoms with Crippen molar-refractivity contribution in [3.63, 3.8) is 0 Å². The largest absolute Gasteiger partial charge is 0.463 e. The molecule has 0 N–H and O–H groups in total. The van der Waals surface area contributed by atoms with Crippen LogP contribution in [0.1, 0.15) is 10.6 Å². The number of rotatable bonds is 1. The Hall–Kier alpha value is -2.73. The van der Waals surface area contributed by atoms with E-state index in [1.165, 1.54) is 17.6 Å². The molecule has 23 heavy (non-hydrogen) atoms. The third-order valence-electron chi connectivity index (χ3n) is 3.68. The summed E-state index contributed by atoms with van der Waals surface area (Å²) in [6.45, 7) is 0. The van der Waals surface area contributed by atoms with Crippen LogP contribution in [0, 0.1) is 5.82 Å². The number of halogens is 2. The fourth-order valence-corrected chi connectivity index (χ4v) is 2.84. The number of fused-ring (bicyclic) bond motifs is 5. The molecule has 0 radical (unpaired) electrons. The lowest BCUT2D eigenvalue weighted by Gasteiger charge is -2.07. The van der Waals surface area contributed by atoms with Crippen LogP contribution in [-0.2, 0) is 4.74 Å². The maximum absolute atomic E-state index is 14.1. The van der Waals surface area contributed by atoms with Crippen molar-refractivity contribution in [1.29, 1.82) is 0 Å². The molecule has 0 spiro atoms. The highest BCUT2D eigenvalue weighted by Crippen LogP contribution is 2.29. The van der Waals surface area contributed by atoms with Crippen molar-refractivity contribution < 1.29 is 13.9 Å². The first-order valence-electron chi connectivity index (χ1n) is 6.74. The van der Waals surface area contributed by atoms with Crippen LogP contribution in [0.2, 0.25) is 5.15 Å². The number of benzene rings is 1. The molecule has 1 aromatic carbocycles. The van der Waals surface area contributed by atoms with E-state index in [0.29, 0.717) is 27.5 Å². The first-order valence-corrected chi connectivity index (χ1v) is 7.12. The molecule has 0 atom stereocenters. The second-order valence-electron chi connectivity index (χ2n) is 4.97. The molecule has 114 valence electrons. The summed E-state index contributed by atoms with van der Waals surface area (Å²) in [5.41, 5.74) is 2.01. The number of esters is 1. The number of hydrogen-bond donors (Lipinski definition) is 0. The fourth-order valence-electron chi connectivity index (χ4n) is 2.70. The van der Waals surface area contributed by atoms with Crippen molar-refractivity contribution in [2.75, 3.05) is 7.11 Å². The number of carbonyl (C=O) groups is 1. The van der Waals surface area contributed by atoms with E-state index in [9.17, 15) is 9.18 Å². The smallest absolute Gasteiger partial charge is 0.374 e. The normalized spacial score (nSPS) is 11.4. The summed E-state index contributed by atoms with van der Waals surface area (Å²) >= 11 is 5.96. The predicted octanol–water partition coefficient (Wildman–Crippen LogP) is 3.61. The van der Waals surface area contributed by atoms with Gasteiger partial charge in [0.15, 0.2) is 0 Å².